The number of hydrogen-bond acceptors (Lipinski definition) is 0. The van der Waals surface area contributed by atoms with Gasteiger partial charge in [0, 0.05) is 0 Å². The van der Waals surface area contributed by atoms with Crippen LogP contribution < -0.4 is 0 Å². The summed E-state index contributed by atoms with van der Waals surface area (Å²) >= 11 is 1.31. The van der Waals surface area contributed by atoms with Gasteiger partial charge < -0.3 is 0 Å². The van der Waals surface area contributed by atoms with Gasteiger partial charge in [-0.3, -0.25) is 0 Å². The quantitative estimate of drug-likeness (QED) is 0.586. The Hall–Kier alpha value is -0.000519. The van der Waals surface area contributed by atoms with E-state index >= 15 is 0 Å². The van der Waals surface area contributed by atoms with E-state index in [4.69, 9.17) is 0 Å². The summed E-state index contributed by atoms with van der Waals surface area (Å²) in [6.07, 6.45) is 13.1. The van der Waals surface area contributed by atoms with Crippen molar-refractivity contribution < 1.29 is 15.0 Å². The molecule has 2 rings (SSSR count). The Balaban J connectivity index is 1.89. The Bertz CT molecular complexity index is 179. The van der Waals surface area contributed by atoms with Gasteiger partial charge >= 0.3 is 74.6 Å². The summed E-state index contributed by atoms with van der Waals surface area (Å²) in [7, 11) is 0. The molecule has 0 aliphatic heterocycles. The zero-order valence-corrected chi connectivity index (χ0v) is 7.86. The molecule has 0 radical (unpaired) electrons. The summed E-state index contributed by atoms with van der Waals surface area (Å²) in [5.41, 5.74) is 0. The molecule has 0 N–H and O–H groups in total. The van der Waals surface area contributed by atoms with Crippen LogP contribution in [-0.2, 0) is 15.0 Å². The van der Waals surface area contributed by atoms with Crippen molar-refractivity contribution in [2.75, 3.05) is 0 Å². The van der Waals surface area contributed by atoms with E-state index in [-0.39, 0.29) is 0 Å². The van der Waals surface area contributed by atoms with Crippen LogP contribution in [0.3, 0.4) is 0 Å². The molecule has 1 heteroatoms. The molecular weight excluding hydrogens is 176 g/mol. The van der Waals surface area contributed by atoms with Crippen molar-refractivity contribution in [2.45, 2.75) is 38.5 Å². The van der Waals surface area contributed by atoms with Gasteiger partial charge in [0.2, 0.25) is 0 Å². The molecule has 0 spiro atoms. The van der Waals surface area contributed by atoms with E-state index in [0.717, 1.165) is 0 Å². The van der Waals surface area contributed by atoms with Gasteiger partial charge in [-0.05, 0) is 0 Å². The number of rotatable bonds is 2. The molecule has 0 unspecified atom stereocenters. The first-order valence-corrected chi connectivity index (χ1v) is 5.56. The Morgan fingerprint density at radius 1 is 0.909 bits per heavy atom. The summed E-state index contributed by atoms with van der Waals surface area (Å²) in [4.78, 5) is 0. The average molecular weight is 190 g/mol. The summed E-state index contributed by atoms with van der Waals surface area (Å²) < 4.78 is 3.41. The second kappa shape index (κ2) is 3.60. The van der Waals surface area contributed by atoms with Gasteiger partial charge in [0.15, 0.2) is 0 Å². The van der Waals surface area contributed by atoms with Gasteiger partial charge in [-0.2, -0.15) is 0 Å². The zero-order valence-electron chi connectivity index (χ0n) is 6.75. The number of allylic oxidation sites excluding steroid dienone is 4. The van der Waals surface area contributed by atoms with Crippen LogP contribution in [0.4, 0.5) is 0 Å². The molecule has 0 amide bonds. The van der Waals surface area contributed by atoms with E-state index in [2.05, 4.69) is 12.2 Å². The molecule has 0 saturated heterocycles. The minimum atomic E-state index is 1.31. The monoisotopic (exact) mass is 190 g/mol. The van der Waals surface area contributed by atoms with Gasteiger partial charge in [-0.1, -0.05) is 0 Å². The van der Waals surface area contributed by atoms with Crippen molar-refractivity contribution in [3.05, 3.63) is 21.1 Å². The van der Waals surface area contributed by atoms with Crippen molar-refractivity contribution in [3.8, 4) is 0 Å². The first-order valence-electron chi connectivity index (χ1n) is 4.45. The second-order valence-electron chi connectivity index (χ2n) is 3.14. The summed E-state index contributed by atoms with van der Waals surface area (Å²) in [5.74, 6) is 0. The number of hydrogen-bond donors (Lipinski definition) is 0. The molecule has 0 aromatic rings. The van der Waals surface area contributed by atoms with Crippen LogP contribution in [0.1, 0.15) is 38.5 Å². The zero-order chi connectivity index (χ0) is 7.52. The van der Waals surface area contributed by atoms with Gasteiger partial charge in [0.1, 0.15) is 0 Å². The molecule has 2 aliphatic rings. The standard InChI is InChI=1S/2C5H7.Fe/c2*1-2-4-5-3-1;/h2*1H,2,4-5H2;. The fourth-order valence-electron chi connectivity index (χ4n) is 1.55. The Morgan fingerprint density at radius 3 is 1.82 bits per heavy atom. The van der Waals surface area contributed by atoms with Gasteiger partial charge in [-0.25, -0.2) is 0 Å². The predicted molar refractivity (Wildman–Crippen MR) is 43.9 cm³/mol. The van der Waals surface area contributed by atoms with Crippen LogP contribution >= 0.6 is 0 Å². The molecule has 0 aromatic carbocycles. The van der Waals surface area contributed by atoms with E-state index in [1.54, 1.807) is 8.94 Å². The van der Waals surface area contributed by atoms with Crippen LogP contribution in [0.5, 0.6) is 0 Å². The van der Waals surface area contributed by atoms with Gasteiger partial charge in [0.25, 0.3) is 0 Å². The molecule has 0 heterocycles. The topological polar surface area (TPSA) is 0 Å². The van der Waals surface area contributed by atoms with Crippen LogP contribution in [-0.4, -0.2) is 0 Å². The third-order valence-electron chi connectivity index (χ3n) is 2.18. The van der Waals surface area contributed by atoms with Crippen molar-refractivity contribution in [1.29, 1.82) is 0 Å². The summed E-state index contributed by atoms with van der Waals surface area (Å²) in [5, 5.41) is 0. The normalized spacial score (nSPS) is 24.0. The molecule has 0 aromatic heterocycles. The first-order chi connectivity index (χ1) is 5.45. The van der Waals surface area contributed by atoms with Crippen molar-refractivity contribution in [3.63, 3.8) is 0 Å². The van der Waals surface area contributed by atoms with Crippen LogP contribution in [0.15, 0.2) is 21.1 Å². The van der Waals surface area contributed by atoms with Gasteiger partial charge in [0.05, 0.1) is 0 Å². The Labute approximate surface area is 74.9 Å². The fraction of sp³-hybridized carbons (Fsp3) is 0.600. The Morgan fingerprint density at radius 2 is 1.45 bits per heavy atom. The minimum absolute atomic E-state index is 1.31. The molecular formula is C10H14Fe. The van der Waals surface area contributed by atoms with Crippen molar-refractivity contribution >= 4 is 0 Å². The molecule has 0 fully saturated rings. The van der Waals surface area contributed by atoms with Crippen LogP contribution in [0.25, 0.3) is 0 Å². The van der Waals surface area contributed by atoms with E-state index in [1.165, 1.54) is 53.5 Å². The van der Waals surface area contributed by atoms with Crippen molar-refractivity contribution in [2.24, 2.45) is 0 Å². The van der Waals surface area contributed by atoms with Gasteiger partial charge in [-0.15, -0.1) is 0 Å². The van der Waals surface area contributed by atoms with E-state index in [9.17, 15) is 0 Å². The summed E-state index contributed by atoms with van der Waals surface area (Å²) in [6.45, 7) is 0. The molecule has 0 nitrogen and oxygen atoms in total. The molecule has 2 aliphatic carbocycles. The molecule has 11 heavy (non-hydrogen) atoms. The molecule has 0 bridgehead atoms. The maximum atomic E-state index is 2.44. The van der Waals surface area contributed by atoms with E-state index in [0.29, 0.717) is 0 Å². The van der Waals surface area contributed by atoms with Crippen molar-refractivity contribution in [1.82, 2.24) is 0 Å². The first kappa shape index (κ1) is 7.64. The van der Waals surface area contributed by atoms with E-state index < -0.39 is 0 Å². The SMILES string of the molecule is C1=[C]([Fe][C]2=CCCC2)CCC1. The third kappa shape index (κ3) is 1.98. The Kier molecular flexibility index (Phi) is 2.50. The maximum absolute atomic E-state index is 2.44. The third-order valence-corrected chi connectivity index (χ3v) is 3.89. The molecule has 62 valence electrons. The second-order valence-corrected chi connectivity index (χ2v) is 4.84. The van der Waals surface area contributed by atoms with Crippen LogP contribution in [0, 0.1) is 0 Å². The summed E-state index contributed by atoms with van der Waals surface area (Å²) in [6, 6.07) is 0. The fourth-order valence-corrected chi connectivity index (χ4v) is 3.22. The van der Waals surface area contributed by atoms with E-state index in [1.807, 2.05) is 0 Å². The molecule has 0 atom stereocenters. The van der Waals surface area contributed by atoms with Crippen LogP contribution in [0.2, 0.25) is 0 Å². The molecule has 0 saturated carbocycles. The average Bonchev–Trinajstić information content (AvgIpc) is 2.60. The predicted octanol–water partition coefficient (Wildman–Crippen LogP) is 3.20.